The van der Waals surface area contributed by atoms with Gasteiger partial charge in [0.2, 0.25) is 0 Å². The van der Waals surface area contributed by atoms with Crippen LogP contribution in [0.25, 0.3) is 17.1 Å². The van der Waals surface area contributed by atoms with Crippen molar-refractivity contribution in [3.63, 3.8) is 0 Å². The summed E-state index contributed by atoms with van der Waals surface area (Å²) in [6.45, 7) is 1.76. The lowest BCUT2D eigenvalue weighted by Crippen LogP contribution is -2.39. The number of thiazole rings is 1. The summed E-state index contributed by atoms with van der Waals surface area (Å²) in [5.74, 6) is -0.505. The van der Waals surface area contributed by atoms with Crippen molar-refractivity contribution in [1.82, 2.24) is 14.5 Å². The Morgan fingerprint density at radius 2 is 1.81 bits per heavy atom. The van der Waals surface area contributed by atoms with E-state index in [1.165, 1.54) is 18.4 Å². The zero-order chi connectivity index (χ0) is 22.2. The van der Waals surface area contributed by atoms with Gasteiger partial charge < -0.3 is 4.74 Å². The normalized spacial score (nSPS) is 16.1. The Labute approximate surface area is 186 Å². The van der Waals surface area contributed by atoms with E-state index in [9.17, 15) is 9.59 Å². The number of hydrogen-bond acceptors (Lipinski definition) is 7. The Balaban J connectivity index is 1.73. The average molecular weight is 443 g/mol. The van der Waals surface area contributed by atoms with E-state index in [-0.39, 0.29) is 5.56 Å². The molecule has 0 amide bonds. The topological polar surface area (TPSA) is 86.4 Å². The molecular weight excluding hydrogens is 424 g/mol. The number of aromatic nitrogens is 3. The van der Waals surface area contributed by atoms with Crippen LogP contribution in [0, 0.1) is 0 Å². The van der Waals surface area contributed by atoms with E-state index >= 15 is 0 Å². The summed E-state index contributed by atoms with van der Waals surface area (Å²) < 4.78 is 7.04. The van der Waals surface area contributed by atoms with Gasteiger partial charge in [-0.3, -0.25) is 14.3 Å². The molecule has 0 saturated heterocycles. The quantitative estimate of drug-likeness (QED) is 0.455. The Kier molecular flexibility index (Phi) is 4.99. The second-order valence-corrected chi connectivity index (χ2v) is 8.28. The highest BCUT2D eigenvalue weighted by atomic mass is 32.1. The molecule has 0 N–H and O–H groups in total. The predicted octanol–water partition coefficient (Wildman–Crippen LogP) is 2.35. The van der Waals surface area contributed by atoms with Gasteiger partial charge in [0.25, 0.3) is 5.56 Å². The molecule has 32 heavy (non-hydrogen) atoms. The number of nitrogens with zero attached hydrogens (tertiary/aromatic N) is 4. The average Bonchev–Trinajstić information content (AvgIpc) is 3.12. The molecule has 7 nitrogen and oxygen atoms in total. The fourth-order valence-electron chi connectivity index (χ4n) is 3.82. The molecule has 4 aromatic rings. The maximum absolute atomic E-state index is 13.5. The van der Waals surface area contributed by atoms with Crippen LogP contribution in [0.2, 0.25) is 0 Å². The first-order valence-electron chi connectivity index (χ1n) is 9.94. The van der Waals surface area contributed by atoms with Gasteiger partial charge in [0.05, 0.1) is 51.9 Å². The highest BCUT2D eigenvalue weighted by Gasteiger charge is 2.32. The Bertz CT molecular complexity index is 1570. The van der Waals surface area contributed by atoms with E-state index in [2.05, 4.69) is 15.0 Å². The first-order valence-corrected chi connectivity index (χ1v) is 10.8. The predicted molar refractivity (Wildman–Crippen MR) is 122 cm³/mol. The Morgan fingerprint density at radius 1 is 1.09 bits per heavy atom. The van der Waals surface area contributed by atoms with Gasteiger partial charge in [0.15, 0.2) is 4.80 Å². The van der Waals surface area contributed by atoms with Gasteiger partial charge in [-0.25, -0.2) is 14.8 Å². The summed E-state index contributed by atoms with van der Waals surface area (Å²) in [5.41, 5.74) is 3.56. The van der Waals surface area contributed by atoms with Crippen LogP contribution in [0.15, 0.2) is 81.9 Å². The molecule has 158 valence electrons. The molecule has 0 unspecified atom stereocenters. The van der Waals surface area contributed by atoms with Crippen LogP contribution in [0.4, 0.5) is 0 Å². The van der Waals surface area contributed by atoms with Crippen molar-refractivity contribution in [3.8, 4) is 0 Å². The largest absolute Gasteiger partial charge is 0.466 e. The number of fused-ring (bicyclic) bond motifs is 2. The van der Waals surface area contributed by atoms with E-state index in [1.54, 1.807) is 23.8 Å². The first-order chi connectivity index (χ1) is 15.6. The molecule has 8 heteroatoms. The third-order valence-corrected chi connectivity index (χ3v) is 6.27. The van der Waals surface area contributed by atoms with Crippen LogP contribution in [0.1, 0.15) is 24.2 Å². The van der Waals surface area contributed by atoms with Crippen molar-refractivity contribution in [3.05, 3.63) is 103 Å². The molecule has 1 aliphatic heterocycles. The van der Waals surface area contributed by atoms with Crippen LogP contribution >= 0.6 is 11.3 Å². The van der Waals surface area contributed by atoms with Gasteiger partial charge >= 0.3 is 5.97 Å². The van der Waals surface area contributed by atoms with Crippen LogP contribution in [0.5, 0.6) is 0 Å². The molecular formula is C24H18N4O3S. The third-order valence-electron chi connectivity index (χ3n) is 5.29. The molecule has 2 aromatic heterocycles. The molecule has 5 rings (SSSR count). The third kappa shape index (κ3) is 3.34. The standard InChI is InChI=1S/C24H18N4O3S/c1-14-20(23(30)31-2)21(15-8-4-3-5-9-15)28-22(29)19(32-24(28)26-14)12-16-13-25-17-10-6-7-11-18(17)27-16/h3-13,21H,1-2H3/b19-12+/t21-/m1/s1. The summed E-state index contributed by atoms with van der Waals surface area (Å²) in [7, 11) is 1.33. The van der Waals surface area contributed by atoms with Gasteiger partial charge in [-0.15, -0.1) is 0 Å². The molecule has 2 aromatic carbocycles. The summed E-state index contributed by atoms with van der Waals surface area (Å²) in [6.07, 6.45) is 3.35. The molecule has 1 aliphatic rings. The van der Waals surface area contributed by atoms with E-state index in [0.717, 1.165) is 16.6 Å². The smallest absolute Gasteiger partial charge is 0.338 e. The molecule has 0 spiro atoms. The summed E-state index contributed by atoms with van der Waals surface area (Å²) in [4.78, 5) is 40.2. The highest BCUT2D eigenvalue weighted by molar-refractivity contribution is 7.07. The van der Waals surface area contributed by atoms with E-state index < -0.39 is 12.0 Å². The summed E-state index contributed by atoms with van der Waals surface area (Å²) >= 11 is 1.26. The number of rotatable bonds is 3. The molecule has 0 fully saturated rings. The first kappa shape index (κ1) is 20.0. The van der Waals surface area contributed by atoms with Crippen LogP contribution in [-0.4, -0.2) is 27.6 Å². The minimum atomic E-state index is -0.621. The number of esters is 1. The van der Waals surface area contributed by atoms with E-state index in [0.29, 0.717) is 26.3 Å². The number of hydrogen-bond donors (Lipinski definition) is 0. The molecule has 0 radical (unpaired) electrons. The number of carbonyl (C=O) groups is 1. The maximum atomic E-state index is 13.5. The van der Waals surface area contributed by atoms with Gasteiger partial charge in [0.1, 0.15) is 0 Å². The molecule has 0 bridgehead atoms. The fourth-order valence-corrected chi connectivity index (χ4v) is 4.85. The lowest BCUT2D eigenvalue weighted by molar-refractivity contribution is -0.136. The SMILES string of the molecule is COC(=O)C1=C(C)N=c2s/c(=C/c3cnc4ccccc4n3)c(=O)n2[C@@H]1c1ccccc1. The molecule has 0 saturated carbocycles. The summed E-state index contributed by atoms with van der Waals surface area (Å²) in [5, 5.41) is 0. The van der Waals surface area contributed by atoms with Crippen molar-refractivity contribution in [1.29, 1.82) is 0 Å². The minimum absolute atomic E-state index is 0.244. The summed E-state index contributed by atoms with van der Waals surface area (Å²) in [6, 6.07) is 16.4. The lowest BCUT2D eigenvalue weighted by atomic mass is 9.96. The minimum Gasteiger partial charge on any atom is -0.466 e. The van der Waals surface area contributed by atoms with E-state index in [1.807, 2.05) is 54.6 Å². The van der Waals surface area contributed by atoms with Crippen LogP contribution < -0.4 is 14.9 Å². The lowest BCUT2D eigenvalue weighted by Gasteiger charge is -2.24. The van der Waals surface area contributed by atoms with Crippen molar-refractivity contribution in [2.45, 2.75) is 13.0 Å². The van der Waals surface area contributed by atoms with Gasteiger partial charge in [0, 0.05) is 0 Å². The number of methoxy groups -OCH3 is 1. The monoisotopic (exact) mass is 442 g/mol. The van der Waals surface area contributed by atoms with Gasteiger partial charge in [-0.2, -0.15) is 0 Å². The second-order valence-electron chi connectivity index (χ2n) is 7.27. The van der Waals surface area contributed by atoms with Crippen molar-refractivity contribution >= 4 is 34.4 Å². The Morgan fingerprint density at radius 3 is 2.56 bits per heavy atom. The van der Waals surface area contributed by atoms with Crippen molar-refractivity contribution in [2.24, 2.45) is 4.99 Å². The zero-order valence-corrected chi connectivity index (χ0v) is 18.2. The molecule has 1 atom stereocenters. The van der Waals surface area contributed by atoms with E-state index in [4.69, 9.17) is 4.74 Å². The fraction of sp³-hybridized carbons (Fsp3) is 0.125. The van der Waals surface area contributed by atoms with Gasteiger partial charge in [-0.05, 0) is 30.7 Å². The second kappa shape index (κ2) is 7.97. The number of ether oxygens (including phenoxy) is 1. The molecule has 3 heterocycles. The molecule has 0 aliphatic carbocycles. The number of carbonyl (C=O) groups excluding carboxylic acids is 1. The van der Waals surface area contributed by atoms with Gasteiger partial charge in [-0.1, -0.05) is 53.8 Å². The van der Waals surface area contributed by atoms with Crippen molar-refractivity contribution in [2.75, 3.05) is 7.11 Å². The number of allylic oxidation sites excluding steroid dienone is 1. The number of para-hydroxylation sites is 2. The highest BCUT2D eigenvalue weighted by Crippen LogP contribution is 2.30. The van der Waals surface area contributed by atoms with Crippen molar-refractivity contribution < 1.29 is 9.53 Å². The van der Waals surface area contributed by atoms with Crippen LogP contribution in [0.3, 0.4) is 0 Å². The number of benzene rings is 2. The zero-order valence-electron chi connectivity index (χ0n) is 17.4. The van der Waals surface area contributed by atoms with Crippen LogP contribution in [-0.2, 0) is 9.53 Å². The maximum Gasteiger partial charge on any atom is 0.338 e. The Hall–Kier alpha value is -3.91.